The van der Waals surface area contributed by atoms with Gasteiger partial charge in [0.1, 0.15) is 13.2 Å². The molecule has 0 atom stereocenters. The third-order valence-electron chi connectivity index (χ3n) is 4.27. The van der Waals surface area contributed by atoms with Crippen LogP contribution < -0.4 is 14.8 Å². The maximum Gasteiger partial charge on any atom is 0.234 e. The molecule has 1 N–H and O–H groups in total. The van der Waals surface area contributed by atoms with E-state index in [9.17, 15) is 4.79 Å². The number of halogens is 1. The summed E-state index contributed by atoms with van der Waals surface area (Å²) < 4.78 is 11.2. The minimum absolute atomic E-state index is 0.0930. The van der Waals surface area contributed by atoms with Gasteiger partial charge in [0.25, 0.3) is 0 Å². The third-order valence-corrected chi connectivity index (χ3v) is 4.50. The van der Waals surface area contributed by atoms with Crippen LogP contribution in [0.5, 0.6) is 11.5 Å². The lowest BCUT2D eigenvalue weighted by atomic mass is 9.83. The van der Waals surface area contributed by atoms with E-state index in [1.54, 1.807) is 6.07 Å². The molecule has 0 fully saturated rings. The van der Waals surface area contributed by atoms with Crippen LogP contribution in [-0.2, 0) is 10.2 Å². The van der Waals surface area contributed by atoms with Gasteiger partial charge in [0.15, 0.2) is 11.5 Å². The van der Waals surface area contributed by atoms with Crippen LogP contribution in [0.1, 0.15) is 25.0 Å². The standard InChI is InChI=1S/C19H20ClNO3/c1-12-10-14(20)5-6-15(12)21-18(22)19(2,3)13-4-7-16-17(11-13)24-9-8-23-16/h4-7,10-11H,8-9H2,1-3H3,(H,21,22). The lowest BCUT2D eigenvalue weighted by Gasteiger charge is -2.27. The van der Waals surface area contributed by atoms with Gasteiger partial charge in [0.2, 0.25) is 5.91 Å². The molecular weight excluding hydrogens is 326 g/mol. The molecule has 3 rings (SSSR count). The number of anilines is 1. The van der Waals surface area contributed by atoms with Crippen molar-refractivity contribution in [3.63, 3.8) is 0 Å². The minimum Gasteiger partial charge on any atom is -0.486 e. The van der Waals surface area contributed by atoms with E-state index in [4.69, 9.17) is 21.1 Å². The molecule has 1 heterocycles. The van der Waals surface area contributed by atoms with Crippen LogP contribution in [0, 0.1) is 6.92 Å². The number of benzene rings is 2. The molecule has 0 bridgehead atoms. The first-order valence-corrected chi connectivity index (χ1v) is 8.23. The van der Waals surface area contributed by atoms with Gasteiger partial charge in [-0.2, -0.15) is 0 Å². The lowest BCUT2D eigenvalue weighted by Crippen LogP contribution is -2.35. The third kappa shape index (κ3) is 3.20. The van der Waals surface area contributed by atoms with Gasteiger partial charge in [-0.15, -0.1) is 0 Å². The molecule has 0 radical (unpaired) electrons. The second-order valence-corrected chi connectivity index (χ2v) is 6.83. The number of hydrogen-bond donors (Lipinski definition) is 1. The van der Waals surface area contributed by atoms with Crippen LogP contribution in [0.2, 0.25) is 5.02 Å². The first-order valence-electron chi connectivity index (χ1n) is 7.85. The Bertz CT molecular complexity index is 786. The highest BCUT2D eigenvalue weighted by Gasteiger charge is 2.31. The lowest BCUT2D eigenvalue weighted by molar-refractivity contribution is -0.120. The first kappa shape index (κ1) is 16.7. The van der Waals surface area contributed by atoms with Crippen LogP contribution in [0.3, 0.4) is 0 Å². The molecule has 0 saturated heterocycles. The van der Waals surface area contributed by atoms with Crippen molar-refractivity contribution in [3.05, 3.63) is 52.5 Å². The molecule has 0 saturated carbocycles. The monoisotopic (exact) mass is 345 g/mol. The second kappa shape index (κ2) is 6.36. The fourth-order valence-electron chi connectivity index (χ4n) is 2.61. The number of carbonyl (C=O) groups excluding carboxylic acids is 1. The topological polar surface area (TPSA) is 47.6 Å². The first-order chi connectivity index (χ1) is 11.4. The average Bonchev–Trinajstić information content (AvgIpc) is 2.56. The largest absolute Gasteiger partial charge is 0.486 e. The molecular formula is C19H20ClNO3. The molecule has 2 aromatic rings. The van der Waals surface area contributed by atoms with E-state index in [0.717, 1.165) is 22.6 Å². The number of fused-ring (bicyclic) bond motifs is 1. The Morgan fingerprint density at radius 3 is 2.50 bits per heavy atom. The molecule has 1 amide bonds. The van der Waals surface area contributed by atoms with E-state index in [1.807, 2.05) is 51.1 Å². The van der Waals surface area contributed by atoms with E-state index in [2.05, 4.69) is 5.32 Å². The van der Waals surface area contributed by atoms with Crippen molar-refractivity contribution in [1.29, 1.82) is 0 Å². The maximum atomic E-state index is 12.8. The SMILES string of the molecule is Cc1cc(Cl)ccc1NC(=O)C(C)(C)c1ccc2c(c1)OCCO2. The summed E-state index contributed by atoms with van der Waals surface area (Å²) in [7, 11) is 0. The zero-order valence-electron chi connectivity index (χ0n) is 14.0. The van der Waals surface area contributed by atoms with Gasteiger partial charge in [-0.25, -0.2) is 0 Å². The van der Waals surface area contributed by atoms with Crippen molar-refractivity contribution in [2.45, 2.75) is 26.2 Å². The molecule has 0 spiro atoms. The summed E-state index contributed by atoms with van der Waals surface area (Å²) >= 11 is 5.97. The summed E-state index contributed by atoms with van der Waals surface area (Å²) in [6, 6.07) is 11.0. The Morgan fingerprint density at radius 1 is 1.08 bits per heavy atom. The molecule has 1 aliphatic rings. The molecule has 4 nitrogen and oxygen atoms in total. The van der Waals surface area contributed by atoms with Crippen LogP contribution in [-0.4, -0.2) is 19.1 Å². The van der Waals surface area contributed by atoms with Gasteiger partial charge in [0, 0.05) is 10.7 Å². The Morgan fingerprint density at radius 2 is 1.79 bits per heavy atom. The van der Waals surface area contributed by atoms with Gasteiger partial charge in [-0.05, 0) is 62.2 Å². The Labute approximate surface area is 146 Å². The van der Waals surface area contributed by atoms with Crippen LogP contribution >= 0.6 is 11.6 Å². The molecule has 126 valence electrons. The van der Waals surface area contributed by atoms with Crippen molar-refractivity contribution in [1.82, 2.24) is 0 Å². The quantitative estimate of drug-likeness (QED) is 0.900. The Kier molecular flexibility index (Phi) is 4.41. The summed E-state index contributed by atoms with van der Waals surface area (Å²) in [6.07, 6.45) is 0. The molecule has 24 heavy (non-hydrogen) atoms. The van der Waals surface area contributed by atoms with Gasteiger partial charge in [0.05, 0.1) is 5.41 Å². The molecule has 0 aromatic heterocycles. The number of amides is 1. The van der Waals surface area contributed by atoms with Crippen LogP contribution in [0.4, 0.5) is 5.69 Å². The van der Waals surface area contributed by atoms with E-state index in [1.165, 1.54) is 0 Å². The van der Waals surface area contributed by atoms with Gasteiger partial charge in [-0.1, -0.05) is 17.7 Å². The number of ether oxygens (including phenoxy) is 2. The number of nitrogens with one attached hydrogen (secondary N) is 1. The van der Waals surface area contributed by atoms with Crippen LogP contribution in [0.25, 0.3) is 0 Å². The number of rotatable bonds is 3. The summed E-state index contributed by atoms with van der Waals surface area (Å²) in [5.74, 6) is 1.31. The van der Waals surface area contributed by atoms with Gasteiger partial charge < -0.3 is 14.8 Å². The number of hydrogen-bond acceptors (Lipinski definition) is 3. The zero-order valence-corrected chi connectivity index (χ0v) is 14.7. The second-order valence-electron chi connectivity index (χ2n) is 6.40. The Balaban J connectivity index is 1.85. The van der Waals surface area contributed by atoms with Crippen molar-refractivity contribution < 1.29 is 14.3 Å². The van der Waals surface area contributed by atoms with E-state index in [-0.39, 0.29) is 5.91 Å². The van der Waals surface area contributed by atoms with E-state index < -0.39 is 5.41 Å². The van der Waals surface area contributed by atoms with Crippen molar-refractivity contribution in [3.8, 4) is 11.5 Å². The highest BCUT2D eigenvalue weighted by atomic mass is 35.5. The summed E-state index contributed by atoms with van der Waals surface area (Å²) in [5, 5.41) is 3.64. The maximum absolute atomic E-state index is 12.8. The highest BCUT2D eigenvalue weighted by molar-refractivity contribution is 6.30. The van der Waals surface area contributed by atoms with Crippen LogP contribution in [0.15, 0.2) is 36.4 Å². The Hall–Kier alpha value is -2.20. The summed E-state index contributed by atoms with van der Waals surface area (Å²) in [5.41, 5.74) is 1.83. The number of carbonyl (C=O) groups is 1. The minimum atomic E-state index is -0.720. The zero-order chi connectivity index (χ0) is 17.3. The average molecular weight is 346 g/mol. The molecule has 0 unspecified atom stereocenters. The fourth-order valence-corrected chi connectivity index (χ4v) is 2.84. The predicted octanol–water partition coefficient (Wildman–Crippen LogP) is 4.34. The van der Waals surface area contributed by atoms with Crippen molar-refractivity contribution >= 4 is 23.2 Å². The van der Waals surface area contributed by atoms with Crippen molar-refractivity contribution in [2.75, 3.05) is 18.5 Å². The van der Waals surface area contributed by atoms with Crippen molar-refractivity contribution in [2.24, 2.45) is 0 Å². The highest BCUT2D eigenvalue weighted by Crippen LogP contribution is 2.35. The van der Waals surface area contributed by atoms with E-state index in [0.29, 0.717) is 24.0 Å². The summed E-state index contributed by atoms with van der Waals surface area (Å²) in [6.45, 7) is 6.76. The summed E-state index contributed by atoms with van der Waals surface area (Å²) in [4.78, 5) is 12.8. The molecule has 5 heteroatoms. The molecule has 0 aliphatic carbocycles. The van der Waals surface area contributed by atoms with E-state index >= 15 is 0 Å². The smallest absolute Gasteiger partial charge is 0.234 e. The molecule has 2 aromatic carbocycles. The predicted molar refractivity (Wildman–Crippen MR) is 95.3 cm³/mol. The number of aryl methyl sites for hydroxylation is 1. The van der Waals surface area contributed by atoms with Gasteiger partial charge >= 0.3 is 0 Å². The fraction of sp³-hybridized carbons (Fsp3) is 0.316. The normalized spacial score (nSPS) is 13.5. The van der Waals surface area contributed by atoms with Gasteiger partial charge in [-0.3, -0.25) is 4.79 Å². The molecule has 1 aliphatic heterocycles.